The molecule has 128 valence electrons. The minimum atomic E-state index is -0.273. The lowest BCUT2D eigenvalue weighted by molar-refractivity contribution is -0.140. The van der Waals surface area contributed by atoms with Crippen LogP contribution in [0, 0.1) is 0 Å². The first-order chi connectivity index (χ1) is 11.6. The maximum atomic E-state index is 12.0. The van der Waals surface area contributed by atoms with Crippen LogP contribution in [-0.2, 0) is 16.1 Å². The number of benzene rings is 1. The Bertz CT molecular complexity index is 679. The zero-order chi connectivity index (χ0) is 17.4. The number of nitrogens with two attached hydrogens (primary N) is 1. The molecule has 0 saturated heterocycles. The second kappa shape index (κ2) is 8.73. The van der Waals surface area contributed by atoms with Crippen LogP contribution in [0.4, 0.5) is 5.69 Å². The van der Waals surface area contributed by atoms with Gasteiger partial charge in [0.05, 0.1) is 25.8 Å². The summed E-state index contributed by atoms with van der Waals surface area (Å²) in [6.07, 6.45) is 2.27. The third kappa shape index (κ3) is 5.13. The highest BCUT2D eigenvalue weighted by molar-refractivity contribution is 6.04. The van der Waals surface area contributed by atoms with Gasteiger partial charge in [0.25, 0.3) is 5.91 Å². The highest BCUT2D eigenvalue weighted by Gasteiger charge is 2.10. The van der Waals surface area contributed by atoms with E-state index in [2.05, 4.69) is 10.1 Å². The van der Waals surface area contributed by atoms with Gasteiger partial charge in [-0.3, -0.25) is 9.59 Å². The van der Waals surface area contributed by atoms with Crippen LogP contribution in [0.2, 0.25) is 0 Å². The summed E-state index contributed by atoms with van der Waals surface area (Å²) in [6, 6.07) is 8.56. The number of rotatable bonds is 8. The second-order valence-electron chi connectivity index (χ2n) is 5.01. The van der Waals surface area contributed by atoms with Crippen LogP contribution >= 0.6 is 0 Å². The molecule has 0 bridgehead atoms. The van der Waals surface area contributed by atoms with Crippen molar-refractivity contribution in [3.63, 3.8) is 0 Å². The van der Waals surface area contributed by atoms with Gasteiger partial charge in [0.15, 0.2) is 0 Å². The molecule has 1 heterocycles. The van der Waals surface area contributed by atoms with Gasteiger partial charge in [-0.1, -0.05) is 0 Å². The first-order valence-corrected chi connectivity index (χ1v) is 7.51. The molecule has 0 aliphatic heterocycles. The predicted molar refractivity (Wildman–Crippen MR) is 87.7 cm³/mol. The largest absolute Gasteiger partial charge is 0.494 e. The zero-order valence-corrected chi connectivity index (χ0v) is 13.4. The summed E-state index contributed by atoms with van der Waals surface area (Å²) in [5.74, 6) is 0.682. The van der Waals surface area contributed by atoms with Crippen molar-refractivity contribution in [2.45, 2.75) is 19.4 Å². The Morgan fingerprint density at radius 3 is 2.62 bits per heavy atom. The Balaban J connectivity index is 1.81. The molecule has 0 radical (unpaired) electrons. The average Bonchev–Trinajstić information content (AvgIpc) is 3.09. The molecule has 0 fully saturated rings. The number of hydrogen-bond donors (Lipinski definition) is 2. The molecule has 1 amide bonds. The van der Waals surface area contributed by atoms with Crippen molar-refractivity contribution in [2.75, 3.05) is 19.0 Å². The fraction of sp³-hybridized carbons (Fsp3) is 0.294. The van der Waals surface area contributed by atoms with E-state index in [0.29, 0.717) is 42.2 Å². The number of esters is 1. The van der Waals surface area contributed by atoms with E-state index in [9.17, 15) is 9.59 Å². The van der Waals surface area contributed by atoms with Crippen molar-refractivity contribution in [1.29, 1.82) is 0 Å². The molecule has 2 rings (SSSR count). The van der Waals surface area contributed by atoms with Crippen LogP contribution in [0.5, 0.6) is 5.75 Å². The van der Waals surface area contributed by atoms with Crippen LogP contribution in [0.15, 0.2) is 41.0 Å². The van der Waals surface area contributed by atoms with Crippen LogP contribution in [0.1, 0.15) is 29.0 Å². The van der Waals surface area contributed by atoms with Crippen molar-refractivity contribution < 1.29 is 23.5 Å². The average molecular weight is 332 g/mol. The molecule has 2 aromatic rings. The normalized spacial score (nSPS) is 10.2. The number of carbonyl (C=O) groups excluding carboxylic acids is 2. The lowest BCUT2D eigenvalue weighted by Crippen LogP contribution is -2.11. The van der Waals surface area contributed by atoms with E-state index in [-0.39, 0.29) is 18.4 Å². The Labute approximate surface area is 139 Å². The molecule has 3 N–H and O–H groups in total. The Morgan fingerprint density at radius 2 is 2.00 bits per heavy atom. The molecule has 7 nitrogen and oxygen atoms in total. The minimum Gasteiger partial charge on any atom is -0.494 e. The molecule has 0 aliphatic rings. The molecule has 24 heavy (non-hydrogen) atoms. The number of carbonyl (C=O) groups is 2. The van der Waals surface area contributed by atoms with Gasteiger partial charge in [-0.25, -0.2) is 0 Å². The molecule has 0 saturated carbocycles. The summed E-state index contributed by atoms with van der Waals surface area (Å²) in [5, 5.41) is 2.76. The summed E-state index contributed by atoms with van der Waals surface area (Å²) in [6.45, 7) is 0.660. The molecule has 0 spiro atoms. The summed E-state index contributed by atoms with van der Waals surface area (Å²) in [7, 11) is 1.36. The highest BCUT2D eigenvalue weighted by Crippen LogP contribution is 2.17. The van der Waals surface area contributed by atoms with Crippen molar-refractivity contribution in [2.24, 2.45) is 5.73 Å². The van der Waals surface area contributed by atoms with E-state index in [1.807, 2.05) is 0 Å². The van der Waals surface area contributed by atoms with E-state index >= 15 is 0 Å². The maximum absolute atomic E-state index is 12.0. The third-order valence-corrected chi connectivity index (χ3v) is 3.25. The third-order valence-electron chi connectivity index (χ3n) is 3.25. The number of hydrogen-bond acceptors (Lipinski definition) is 6. The first kappa shape index (κ1) is 17.6. The summed E-state index contributed by atoms with van der Waals surface area (Å²) in [4.78, 5) is 23.0. The summed E-state index contributed by atoms with van der Waals surface area (Å²) in [5.41, 5.74) is 6.49. The van der Waals surface area contributed by atoms with Crippen LogP contribution in [0.25, 0.3) is 0 Å². The van der Waals surface area contributed by atoms with Crippen LogP contribution in [-0.4, -0.2) is 25.6 Å². The quantitative estimate of drug-likeness (QED) is 0.568. The van der Waals surface area contributed by atoms with Gasteiger partial charge in [0, 0.05) is 12.1 Å². The Kier molecular flexibility index (Phi) is 6.39. The van der Waals surface area contributed by atoms with Gasteiger partial charge < -0.3 is 24.9 Å². The van der Waals surface area contributed by atoms with Gasteiger partial charge in [-0.05, 0) is 36.8 Å². The zero-order valence-electron chi connectivity index (χ0n) is 13.4. The van der Waals surface area contributed by atoms with Crippen molar-refractivity contribution >= 4 is 17.6 Å². The maximum Gasteiger partial charge on any atom is 0.305 e. The fourth-order valence-corrected chi connectivity index (χ4v) is 1.95. The number of nitrogens with one attached hydrogen (secondary N) is 1. The lowest BCUT2D eigenvalue weighted by atomic mass is 10.2. The molecule has 0 aliphatic carbocycles. The van der Waals surface area contributed by atoms with Crippen LogP contribution < -0.4 is 15.8 Å². The number of anilines is 1. The second-order valence-corrected chi connectivity index (χ2v) is 5.01. The van der Waals surface area contributed by atoms with E-state index in [1.165, 1.54) is 13.4 Å². The molecular weight excluding hydrogens is 312 g/mol. The molecule has 0 atom stereocenters. The summed E-state index contributed by atoms with van der Waals surface area (Å²) >= 11 is 0. The van der Waals surface area contributed by atoms with E-state index in [4.69, 9.17) is 14.9 Å². The van der Waals surface area contributed by atoms with Crippen molar-refractivity contribution in [3.8, 4) is 5.75 Å². The lowest BCUT2D eigenvalue weighted by Gasteiger charge is -2.07. The highest BCUT2D eigenvalue weighted by atomic mass is 16.5. The van der Waals surface area contributed by atoms with Crippen LogP contribution in [0.3, 0.4) is 0 Å². The van der Waals surface area contributed by atoms with Gasteiger partial charge in [0.1, 0.15) is 17.8 Å². The smallest absolute Gasteiger partial charge is 0.305 e. The predicted octanol–water partition coefficient (Wildman–Crippen LogP) is 2.32. The standard InChI is InChI=1S/C17H20N2O5/c1-22-16(20)3-2-8-23-14-6-4-13(5-7-14)19-17(21)12-9-15(10-18)24-11-12/h4-7,9,11H,2-3,8,10,18H2,1H3,(H,19,21). The monoisotopic (exact) mass is 332 g/mol. The van der Waals surface area contributed by atoms with Gasteiger partial charge in [0.2, 0.25) is 0 Å². The number of methoxy groups -OCH3 is 1. The topological polar surface area (TPSA) is 104 Å². The molecule has 7 heteroatoms. The number of ether oxygens (including phenoxy) is 2. The van der Waals surface area contributed by atoms with Crippen molar-refractivity contribution in [3.05, 3.63) is 47.9 Å². The molecule has 1 aromatic carbocycles. The SMILES string of the molecule is COC(=O)CCCOc1ccc(NC(=O)c2coc(CN)c2)cc1. The minimum absolute atomic E-state index is 0.245. The van der Waals surface area contributed by atoms with Gasteiger partial charge in [-0.15, -0.1) is 0 Å². The summed E-state index contributed by atoms with van der Waals surface area (Å²) < 4.78 is 15.2. The fourth-order valence-electron chi connectivity index (χ4n) is 1.95. The molecular formula is C17H20N2O5. The van der Waals surface area contributed by atoms with E-state index < -0.39 is 0 Å². The Morgan fingerprint density at radius 1 is 1.25 bits per heavy atom. The van der Waals surface area contributed by atoms with E-state index in [0.717, 1.165) is 0 Å². The van der Waals surface area contributed by atoms with Gasteiger partial charge >= 0.3 is 5.97 Å². The molecule has 1 aromatic heterocycles. The van der Waals surface area contributed by atoms with Gasteiger partial charge in [-0.2, -0.15) is 0 Å². The number of furan rings is 1. The first-order valence-electron chi connectivity index (χ1n) is 7.51. The number of amides is 1. The molecule has 0 unspecified atom stereocenters. The Hall–Kier alpha value is -2.80. The van der Waals surface area contributed by atoms with Crippen molar-refractivity contribution in [1.82, 2.24) is 0 Å². The van der Waals surface area contributed by atoms with E-state index in [1.54, 1.807) is 30.3 Å².